The molecular weight excluding hydrogens is 366 g/mol. The number of aromatic nitrogens is 4. The first-order chi connectivity index (χ1) is 12.7. The van der Waals surface area contributed by atoms with Crippen molar-refractivity contribution in [3.63, 3.8) is 0 Å². The lowest BCUT2D eigenvalue weighted by Crippen LogP contribution is -2.35. The molecular formula is C18H19N5OS2. The summed E-state index contributed by atoms with van der Waals surface area (Å²) in [5.41, 5.74) is 2.17. The molecule has 0 aliphatic heterocycles. The maximum absolute atomic E-state index is 12.5. The Kier molecular flexibility index (Phi) is 5.03. The van der Waals surface area contributed by atoms with Gasteiger partial charge in [0.2, 0.25) is 5.91 Å². The summed E-state index contributed by atoms with van der Waals surface area (Å²) < 4.78 is 0. The van der Waals surface area contributed by atoms with E-state index >= 15 is 0 Å². The summed E-state index contributed by atoms with van der Waals surface area (Å²) in [5, 5.41) is 14.1. The van der Waals surface area contributed by atoms with Crippen molar-refractivity contribution in [2.45, 2.75) is 32.6 Å². The highest BCUT2D eigenvalue weighted by atomic mass is 32.1. The molecule has 0 bridgehead atoms. The molecule has 0 saturated carbocycles. The minimum atomic E-state index is 0.00560. The number of amides is 1. The SMILES string of the molecule is Cc1nnc(CCNC(=O)C2CCc3sc(-c4ccncc4)nc3C2)s1. The summed E-state index contributed by atoms with van der Waals surface area (Å²) in [6.07, 6.45) is 6.83. The maximum Gasteiger partial charge on any atom is 0.223 e. The number of aryl methyl sites for hydroxylation is 2. The quantitative estimate of drug-likeness (QED) is 0.730. The molecule has 6 nitrogen and oxygen atoms in total. The Morgan fingerprint density at radius 2 is 2.12 bits per heavy atom. The standard InChI is InChI=1S/C18H19N5OS2/c1-11-22-23-16(25-11)6-9-20-17(24)13-2-3-15-14(10-13)21-18(26-15)12-4-7-19-8-5-12/h4-5,7-8,13H,2-3,6,9-10H2,1H3,(H,20,24). The van der Waals surface area contributed by atoms with E-state index in [1.165, 1.54) is 4.88 Å². The molecule has 1 aliphatic rings. The molecule has 1 unspecified atom stereocenters. The molecule has 0 aromatic carbocycles. The van der Waals surface area contributed by atoms with E-state index in [-0.39, 0.29) is 11.8 Å². The van der Waals surface area contributed by atoms with Gasteiger partial charge in [-0.25, -0.2) is 4.98 Å². The third kappa shape index (κ3) is 3.81. The average Bonchev–Trinajstić information content (AvgIpc) is 3.27. The average molecular weight is 386 g/mol. The van der Waals surface area contributed by atoms with Crippen molar-refractivity contribution < 1.29 is 4.79 Å². The number of hydrogen-bond acceptors (Lipinski definition) is 7. The number of fused-ring (bicyclic) bond motifs is 1. The Hall–Kier alpha value is -2.19. The Balaban J connectivity index is 1.35. The predicted octanol–water partition coefficient (Wildman–Crippen LogP) is 2.83. The first-order valence-corrected chi connectivity index (χ1v) is 10.3. The van der Waals surface area contributed by atoms with Gasteiger partial charge >= 0.3 is 0 Å². The van der Waals surface area contributed by atoms with E-state index in [4.69, 9.17) is 4.98 Å². The van der Waals surface area contributed by atoms with Crippen molar-refractivity contribution in [1.82, 2.24) is 25.5 Å². The Morgan fingerprint density at radius 3 is 2.88 bits per heavy atom. The zero-order valence-corrected chi connectivity index (χ0v) is 16.1. The van der Waals surface area contributed by atoms with Crippen LogP contribution in [0.2, 0.25) is 0 Å². The van der Waals surface area contributed by atoms with E-state index in [9.17, 15) is 4.79 Å². The van der Waals surface area contributed by atoms with Crippen LogP contribution in [-0.2, 0) is 24.1 Å². The van der Waals surface area contributed by atoms with E-state index in [2.05, 4.69) is 20.5 Å². The lowest BCUT2D eigenvalue weighted by Gasteiger charge is -2.20. The Bertz CT molecular complexity index is 905. The van der Waals surface area contributed by atoms with Gasteiger partial charge in [-0.1, -0.05) is 0 Å². The van der Waals surface area contributed by atoms with Gasteiger partial charge in [0, 0.05) is 48.1 Å². The van der Waals surface area contributed by atoms with Crippen LogP contribution >= 0.6 is 22.7 Å². The first-order valence-electron chi connectivity index (χ1n) is 8.64. The van der Waals surface area contributed by atoms with Gasteiger partial charge in [0.15, 0.2) is 0 Å². The van der Waals surface area contributed by atoms with Crippen molar-refractivity contribution in [2.24, 2.45) is 5.92 Å². The summed E-state index contributed by atoms with van der Waals surface area (Å²) in [4.78, 5) is 22.6. The predicted molar refractivity (Wildman–Crippen MR) is 102 cm³/mol. The molecule has 1 atom stereocenters. The molecule has 1 amide bonds. The number of nitrogens with one attached hydrogen (secondary N) is 1. The van der Waals surface area contributed by atoms with Crippen molar-refractivity contribution in [1.29, 1.82) is 0 Å². The number of thiazole rings is 1. The van der Waals surface area contributed by atoms with Gasteiger partial charge in [0.05, 0.1) is 5.69 Å². The second-order valence-corrected chi connectivity index (χ2v) is 8.67. The molecule has 134 valence electrons. The zero-order valence-electron chi connectivity index (χ0n) is 14.4. The van der Waals surface area contributed by atoms with E-state index in [1.54, 1.807) is 35.1 Å². The fourth-order valence-corrected chi connectivity index (χ4v) is 4.91. The molecule has 8 heteroatoms. The summed E-state index contributed by atoms with van der Waals surface area (Å²) in [5.74, 6) is 0.126. The minimum absolute atomic E-state index is 0.00560. The summed E-state index contributed by atoms with van der Waals surface area (Å²) in [7, 11) is 0. The summed E-state index contributed by atoms with van der Waals surface area (Å²) in [6, 6.07) is 3.95. The smallest absolute Gasteiger partial charge is 0.223 e. The molecule has 0 radical (unpaired) electrons. The third-order valence-corrected chi connectivity index (χ3v) is 6.55. The first kappa shape index (κ1) is 17.2. The van der Waals surface area contributed by atoms with Gasteiger partial charge in [-0.2, -0.15) is 0 Å². The van der Waals surface area contributed by atoms with Crippen LogP contribution in [0.1, 0.15) is 27.0 Å². The molecule has 4 rings (SSSR count). The van der Waals surface area contributed by atoms with Crippen molar-refractivity contribution in [2.75, 3.05) is 6.54 Å². The lowest BCUT2D eigenvalue weighted by molar-refractivity contribution is -0.125. The van der Waals surface area contributed by atoms with E-state index in [0.717, 1.165) is 52.0 Å². The zero-order chi connectivity index (χ0) is 17.9. The molecule has 0 saturated heterocycles. The highest BCUT2D eigenvalue weighted by Gasteiger charge is 2.27. The normalized spacial score (nSPS) is 16.3. The topological polar surface area (TPSA) is 80.7 Å². The largest absolute Gasteiger partial charge is 0.355 e. The molecule has 0 spiro atoms. The molecule has 1 N–H and O–H groups in total. The highest BCUT2D eigenvalue weighted by Crippen LogP contribution is 2.34. The number of carbonyl (C=O) groups is 1. The minimum Gasteiger partial charge on any atom is -0.355 e. The number of hydrogen-bond donors (Lipinski definition) is 1. The summed E-state index contributed by atoms with van der Waals surface area (Å²) in [6.45, 7) is 2.55. The van der Waals surface area contributed by atoms with E-state index in [1.807, 2.05) is 19.1 Å². The maximum atomic E-state index is 12.5. The molecule has 3 heterocycles. The van der Waals surface area contributed by atoms with E-state index < -0.39 is 0 Å². The van der Waals surface area contributed by atoms with Gasteiger partial charge in [-0.15, -0.1) is 32.9 Å². The van der Waals surface area contributed by atoms with Crippen molar-refractivity contribution in [3.05, 3.63) is 45.1 Å². The van der Waals surface area contributed by atoms with Crippen LogP contribution in [0.3, 0.4) is 0 Å². The fraction of sp³-hybridized carbons (Fsp3) is 0.389. The highest BCUT2D eigenvalue weighted by molar-refractivity contribution is 7.15. The van der Waals surface area contributed by atoms with Gasteiger partial charge in [0.1, 0.15) is 15.0 Å². The number of pyridine rings is 1. The molecule has 3 aromatic heterocycles. The van der Waals surface area contributed by atoms with Gasteiger partial charge < -0.3 is 5.32 Å². The van der Waals surface area contributed by atoms with E-state index in [0.29, 0.717) is 6.54 Å². The van der Waals surface area contributed by atoms with Gasteiger partial charge in [-0.05, 0) is 31.9 Å². The van der Waals surface area contributed by atoms with Crippen LogP contribution in [0.5, 0.6) is 0 Å². The second-order valence-electron chi connectivity index (χ2n) is 6.32. The van der Waals surface area contributed by atoms with Crippen molar-refractivity contribution >= 4 is 28.6 Å². The summed E-state index contributed by atoms with van der Waals surface area (Å²) >= 11 is 3.31. The number of rotatable bonds is 5. The van der Waals surface area contributed by atoms with Crippen LogP contribution in [0, 0.1) is 12.8 Å². The van der Waals surface area contributed by atoms with Crippen molar-refractivity contribution in [3.8, 4) is 10.6 Å². The Morgan fingerprint density at radius 1 is 1.27 bits per heavy atom. The van der Waals surface area contributed by atoms with Crippen LogP contribution in [0.25, 0.3) is 10.6 Å². The number of carbonyl (C=O) groups excluding carboxylic acids is 1. The van der Waals surface area contributed by atoms with Crippen LogP contribution in [0.4, 0.5) is 0 Å². The fourth-order valence-electron chi connectivity index (χ4n) is 3.10. The van der Waals surface area contributed by atoms with Crippen LogP contribution in [0.15, 0.2) is 24.5 Å². The molecule has 1 aliphatic carbocycles. The lowest BCUT2D eigenvalue weighted by atomic mass is 9.90. The molecule has 0 fully saturated rings. The van der Waals surface area contributed by atoms with Crippen LogP contribution in [-0.4, -0.2) is 32.6 Å². The molecule has 3 aromatic rings. The van der Waals surface area contributed by atoms with Gasteiger partial charge in [-0.3, -0.25) is 9.78 Å². The number of nitrogens with zero attached hydrogens (tertiary/aromatic N) is 4. The second kappa shape index (κ2) is 7.59. The van der Waals surface area contributed by atoms with Gasteiger partial charge in [0.25, 0.3) is 0 Å². The Labute approximate surface area is 159 Å². The van der Waals surface area contributed by atoms with Crippen LogP contribution < -0.4 is 5.32 Å². The monoisotopic (exact) mass is 385 g/mol. The third-order valence-electron chi connectivity index (χ3n) is 4.44. The molecule has 26 heavy (non-hydrogen) atoms.